The predicted octanol–water partition coefficient (Wildman–Crippen LogP) is 2.81. The summed E-state index contributed by atoms with van der Waals surface area (Å²) in [5.41, 5.74) is 0.945. The summed E-state index contributed by atoms with van der Waals surface area (Å²) in [6, 6.07) is 6.93. The SMILES string of the molecule is CC(C)CCCCNC(C)c1cccc(S(N)(=O)=O)c1. The smallest absolute Gasteiger partial charge is 0.238 e. The summed E-state index contributed by atoms with van der Waals surface area (Å²) in [7, 11) is -3.63. The van der Waals surface area contributed by atoms with E-state index in [-0.39, 0.29) is 10.9 Å². The summed E-state index contributed by atoms with van der Waals surface area (Å²) in [6.07, 6.45) is 3.60. The molecule has 0 aliphatic rings. The molecular weight excluding hydrogens is 272 g/mol. The highest BCUT2D eigenvalue weighted by Gasteiger charge is 2.11. The Bertz CT molecular complexity index is 512. The van der Waals surface area contributed by atoms with Gasteiger partial charge in [-0.25, -0.2) is 13.6 Å². The topological polar surface area (TPSA) is 72.2 Å². The van der Waals surface area contributed by atoms with Crippen molar-refractivity contribution >= 4 is 10.0 Å². The van der Waals surface area contributed by atoms with Gasteiger partial charge in [-0.1, -0.05) is 38.8 Å². The molecule has 3 N–H and O–H groups in total. The van der Waals surface area contributed by atoms with Crippen molar-refractivity contribution in [3.05, 3.63) is 29.8 Å². The molecule has 4 nitrogen and oxygen atoms in total. The molecule has 5 heteroatoms. The Labute approximate surface area is 122 Å². The van der Waals surface area contributed by atoms with Crippen molar-refractivity contribution in [2.24, 2.45) is 11.1 Å². The van der Waals surface area contributed by atoms with Gasteiger partial charge < -0.3 is 5.32 Å². The molecule has 0 aliphatic heterocycles. The summed E-state index contributed by atoms with van der Waals surface area (Å²) < 4.78 is 22.7. The second-order valence-electron chi connectivity index (χ2n) is 5.68. The van der Waals surface area contributed by atoms with E-state index in [2.05, 4.69) is 19.2 Å². The van der Waals surface area contributed by atoms with Crippen molar-refractivity contribution in [2.75, 3.05) is 6.54 Å². The lowest BCUT2D eigenvalue weighted by molar-refractivity contribution is 0.498. The molecule has 0 fully saturated rings. The van der Waals surface area contributed by atoms with Gasteiger partial charge in [0.25, 0.3) is 0 Å². The lowest BCUT2D eigenvalue weighted by Gasteiger charge is -2.15. The highest BCUT2D eigenvalue weighted by Crippen LogP contribution is 2.16. The summed E-state index contributed by atoms with van der Waals surface area (Å²) >= 11 is 0. The fourth-order valence-electron chi connectivity index (χ4n) is 2.07. The van der Waals surface area contributed by atoms with Gasteiger partial charge >= 0.3 is 0 Å². The molecule has 0 spiro atoms. The molecule has 0 aromatic heterocycles. The molecule has 1 aromatic carbocycles. The first kappa shape index (κ1) is 17.1. The quantitative estimate of drug-likeness (QED) is 0.725. The summed E-state index contributed by atoms with van der Waals surface area (Å²) in [5.74, 6) is 0.749. The molecule has 0 amide bonds. The molecule has 1 atom stereocenters. The van der Waals surface area contributed by atoms with E-state index in [0.717, 1.165) is 24.4 Å². The minimum atomic E-state index is -3.63. The van der Waals surface area contributed by atoms with Crippen molar-refractivity contribution < 1.29 is 8.42 Å². The molecule has 0 heterocycles. The van der Waals surface area contributed by atoms with Crippen molar-refractivity contribution in [1.82, 2.24) is 5.32 Å². The van der Waals surface area contributed by atoms with Crippen LogP contribution in [0, 0.1) is 5.92 Å². The van der Waals surface area contributed by atoms with E-state index < -0.39 is 10.0 Å². The number of nitrogens with two attached hydrogens (primary N) is 1. The number of hydrogen-bond donors (Lipinski definition) is 2. The van der Waals surface area contributed by atoms with E-state index >= 15 is 0 Å². The number of hydrogen-bond acceptors (Lipinski definition) is 3. The van der Waals surface area contributed by atoms with Crippen molar-refractivity contribution in [2.45, 2.75) is 51.0 Å². The Morgan fingerprint density at radius 3 is 2.50 bits per heavy atom. The molecular formula is C15H26N2O2S. The van der Waals surface area contributed by atoms with E-state index in [0.29, 0.717) is 0 Å². The Morgan fingerprint density at radius 2 is 1.90 bits per heavy atom. The Balaban J connectivity index is 2.49. The van der Waals surface area contributed by atoms with Gasteiger partial charge in [0.05, 0.1) is 4.90 Å². The molecule has 114 valence electrons. The lowest BCUT2D eigenvalue weighted by atomic mass is 10.1. The van der Waals surface area contributed by atoms with Gasteiger partial charge in [-0.05, 0) is 43.5 Å². The lowest BCUT2D eigenvalue weighted by Crippen LogP contribution is -2.20. The van der Waals surface area contributed by atoms with E-state index in [9.17, 15) is 8.42 Å². The van der Waals surface area contributed by atoms with Gasteiger partial charge in [0.2, 0.25) is 10.0 Å². The Hall–Kier alpha value is -0.910. The Kier molecular flexibility index (Phi) is 6.65. The first-order valence-corrected chi connectivity index (χ1v) is 8.71. The zero-order valence-corrected chi connectivity index (χ0v) is 13.4. The number of primary sulfonamides is 1. The fourth-order valence-corrected chi connectivity index (χ4v) is 2.64. The summed E-state index contributed by atoms with van der Waals surface area (Å²) in [4.78, 5) is 0.170. The number of rotatable bonds is 8. The van der Waals surface area contributed by atoms with Crippen LogP contribution in [0.25, 0.3) is 0 Å². The zero-order valence-electron chi connectivity index (χ0n) is 12.6. The molecule has 0 radical (unpaired) electrons. The highest BCUT2D eigenvalue weighted by atomic mass is 32.2. The summed E-state index contributed by atoms with van der Waals surface area (Å²) in [6.45, 7) is 7.43. The Morgan fingerprint density at radius 1 is 1.20 bits per heavy atom. The van der Waals surface area contributed by atoms with E-state index in [4.69, 9.17) is 5.14 Å². The second-order valence-corrected chi connectivity index (χ2v) is 7.24. The minimum Gasteiger partial charge on any atom is -0.310 e. The third-order valence-corrected chi connectivity index (χ3v) is 4.26. The number of unbranched alkanes of at least 4 members (excludes halogenated alkanes) is 1. The molecule has 0 bridgehead atoms. The monoisotopic (exact) mass is 298 g/mol. The highest BCUT2D eigenvalue weighted by molar-refractivity contribution is 7.89. The third-order valence-electron chi connectivity index (χ3n) is 3.35. The molecule has 20 heavy (non-hydrogen) atoms. The first-order valence-electron chi connectivity index (χ1n) is 7.17. The van der Waals surface area contributed by atoms with Gasteiger partial charge in [-0.15, -0.1) is 0 Å². The average molecular weight is 298 g/mol. The van der Waals surface area contributed by atoms with Crippen molar-refractivity contribution in [1.29, 1.82) is 0 Å². The van der Waals surface area contributed by atoms with Crippen molar-refractivity contribution in [3.8, 4) is 0 Å². The van der Waals surface area contributed by atoms with Gasteiger partial charge in [0.15, 0.2) is 0 Å². The van der Waals surface area contributed by atoms with Crippen LogP contribution in [0.15, 0.2) is 29.2 Å². The van der Waals surface area contributed by atoms with Gasteiger partial charge in [0, 0.05) is 6.04 Å². The first-order chi connectivity index (χ1) is 9.30. The average Bonchev–Trinajstić information content (AvgIpc) is 2.37. The molecule has 0 saturated carbocycles. The van der Waals surface area contributed by atoms with E-state index in [1.165, 1.54) is 18.9 Å². The maximum absolute atomic E-state index is 11.3. The van der Waals surface area contributed by atoms with Crippen LogP contribution < -0.4 is 10.5 Å². The van der Waals surface area contributed by atoms with Crippen LogP contribution in [0.4, 0.5) is 0 Å². The molecule has 1 rings (SSSR count). The molecule has 1 unspecified atom stereocenters. The third kappa shape index (κ3) is 6.03. The van der Waals surface area contributed by atoms with E-state index in [1.807, 2.05) is 13.0 Å². The van der Waals surface area contributed by atoms with Crippen LogP contribution >= 0.6 is 0 Å². The largest absolute Gasteiger partial charge is 0.310 e. The van der Waals surface area contributed by atoms with Crippen LogP contribution in [0.1, 0.15) is 51.6 Å². The van der Waals surface area contributed by atoms with Crippen LogP contribution in [-0.4, -0.2) is 15.0 Å². The molecule has 0 aliphatic carbocycles. The molecule has 0 saturated heterocycles. The van der Waals surface area contributed by atoms with Crippen LogP contribution in [0.5, 0.6) is 0 Å². The number of nitrogens with one attached hydrogen (secondary N) is 1. The van der Waals surface area contributed by atoms with Crippen LogP contribution in [-0.2, 0) is 10.0 Å². The standard InChI is InChI=1S/C15H26N2O2S/c1-12(2)7-4-5-10-17-13(3)14-8-6-9-15(11-14)20(16,18)19/h6,8-9,11-13,17H,4-5,7,10H2,1-3H3,(H2,16,18,19). The van der Waals surface area contributed by atoms with Crippen LogP contribution in [0.2, 0.25) is 0 Å². The van der Waals surface area contributed by atoms with Crippen LogP contribution in [0.3, 0.4) is 0 Å². The maximum Gasteiger partial charge on any atom is 0.238 e. The van der Waals surface area contributed by atoms with Gasteiger partial charge in [-0.3, -0.25) is 0 Å². The van der Waals surface area contributed by atoms with E-state index in [1.54, 1.807) is 12.1 Å². The molecule has 1 aromatic rings. The van der Waals surface area contributed by atoms with Gasteiger partial charge in [0.1, 0.15) is 0 Å². The fraction of sp³-hybridized carbons (Fsp3) is 0.600. The zero-order chi connectivity index (χ0) is 15.2. The second kappa shape index (κ2) is 7.76. The number of benzene rings is 1. The van der Waals surface area contributed by atoms with Crippen molar-refractivity contribution in [3.63, 3.8) is 0 Å². The maximum atomic E-state index is 11.3. The minimum absolute atomic E-state index is 0.121. The summed E-state index contributed by atoms with van der Waals surface area (Å²) in [5, 5.41) is 8.56. The van der Waals surface area contributed by atoms with Gasteiger partial charge in [-0.2, -0.15) is 0 Å². The normalized spacial score (nSPS) is 13.7. The predicted molar refractivity (Wildman–Crippen MR) is 82.9 cm³/mol. The number of sulfonamides is 1.